The number of hydrogen-bond donors (Lipinski definition) is 0. The zero-order valence-electron chi connectivity index (χ0n) is 4.70. The van der Waals surface area contributed by atoms with Gasteiger partial charge in [0.25, 0.3) is 5.85 Å². The molecule has 0 N–H and O–H groups in total. The van der Waals surface area contributed by atoms with Gasteiger partial charge in [0, 0.05) is 0 Å². The summed E-state index contributed by atoms with van der Waals surface area (Å²) >= 11 is 0. The summed E-state index contributed by atoms with van der Waals surface area (Å²) in [5, 5.41) is 0. The van der Waals surface area contributed by atoms with E-state index in [1.807, 2.05) is 6.92 Å². The molecule has 0 bridgehead atoms. The van der Waals surface area contributed by atoms with Gasteiger partial charge in [-0.25, -0.2) is 0 Å². The predicted molar refractivity (Wildman–Crippen MR) is 32.2 cm³/mol. The second-order valence-electron chi connectivity index (χ2n) is 1.63. The van der Waals surface area contributed by atoms with E-state index in [1.54, 1.807) is 11.9 Å². The summed E-state index contributed by atoms with van der Waals surface area (Å²) in [4.78, 5) is 0. The molecule has 2 unspecified atom stereocenters. The second kappa shape index (κ2) is 2.38. The van der Waals surface area contributed by atoms with Crippen molar-refractivity contribution >= 4 is 7.80 Å². The summed E-state index contributed by atoms with van der Waals surface area (Å²) in [5.74, 6) is 1.73. The highest BCUT2D eigenvalue weighted by molar-refractivity contribution is 7.49. The Balaban J connectivity index is 2.33. The van der Waals surface area contributed by atoms with Crippen molar-refractivity contribution in [3.05, 3.63) is 11.9 Å². The standard InChI is InChI=1S/C5H8O2P/c1-2-3-8(6)5-4-7-5/h2-3,5H,4H2,1H3/q+1/b3-2+. The Kier molecular flexibility index (Phi) is 1.77. The third-order valence-electron chi connectivity index (χ3n) is 0.896. The number of hydrogen-bond acceptors (Lipinski definition) is 2. The van der Waals surface area contributed by atoms with Crippen LogP contribution in [-0.2, 0) is 9.30 Å². The van der Waals surface area contributed by atoms with Gasteiger partial charge in [0.05, 0.1) is 0 Å². The molecule has 0 aromatic rings. The first-order valence-electron chi connectivity index (χ1n) is 2.54. The van der Waals surface area contributed by atoms with Crippen molar-refractivity contribution < 1.29 is 9.30 Å². The van der Waals surface area contributed by atoms with Crippen molar-refractivity contribution in [1.82, 2.24) is 0 Å². The van der Waals surface area contributed by atoms with Crippen LogP contribution in [0.4, 0.5) is 0 Å². The van der Waals surface area contributed by atoms with E-state index in [4.69, 9.17) is 4.74 Å². The first-order chi connectivity index (χ1) is 3.84. The highest BCUT2D eigenvalue weighted by atomic mass is 31.1. The minimum Gasteiger partial charge on any atom is -0.325 e. The Labute approximate surface area is 49.3 Å². The molecule has 0 aromatic heterocycles. The molecule has 2 atom stereocenters. The van der Waals surface area contributed by atoms with Crippen LogP contribution in [0.25, 0.3) is 0 Å². The third-order valence-corrected chi connectivity index (χ3v) is 2.35. The number of epoxide rings is 1. The fraction of sp³-hybridized carbons (Fsp3) is 0.600. The van der Waals surface area contributed by atoms with Crippen LogP contribution >= 0.6 is 7.80 Å². The van der Waals surface area contributed by atoms with Crippen molar-refractivity contribution in [2.24, 2.45) is 0 Å². The van der Waals surface area contributed by atoms with E-state index in [0.717, 1.165) is 0 Å². The third kappa shape index (κ3) is 1.39. The summed E-state index contributed by atoms with van der Waals surface area (Å²) in [6, 6.07) is 0. The van der Waals surface area contributed by atoms with Gasteiger partial charge in [-0.2, -0.15) is 0 Å². The molecular formula is C5H8O2P+. The Morgan fingerprint density at radius 3 is 2.88 bits per heavy atom. The maximum absolute atomic E-state index is 10.7. The van der Waals surface area contributed by atoms with Crippen molar-refractivity contribution in [3.63, 3.8) is 0 Å². The zero-order chi connectivity index (χ0) is 5.98. The van der Waals surface area contributed by atoms with Gasteiger partial charge in [-0.3, -0.25) is 0 Å². The molecular weight excluding hydrogens is 123 g/mol. The molecule has 0 aromatic carbocycles. The summed E-state index contributed by atoms with van der Waals surface area (Å²) in [6.45, 7) is 2.54. The number of allylic oxidation sites excluding steroid dienone is 1. The first kappa shape index (κ1) is 5.93. The molecule has 0 amide bonds. The summed E-state index contributed by atoms with van der Waals surface area (Å²) in [6.07, 6.45) is 1.79. The van der Waals surface area contributed by atoms with Crippen molar-refractivity contribution in [1.29, 1.82) is 0 Å². The zero-order valence-corrected chi connectivity index (χ0v) is 5.60. The van der Waals surface area contributed by atoms with Gasteiger partial charge in [-0.05, 0) is 13.0 Å². The van der Waals surface area contributed by atoms with E-state index in [0.29, 0.717) is 6.61 Å². The van der Waals surface area contributed by atoms with Gasteiger partial charge in [0.15, 0.2) is 5.82 Å². The SMILES string of the molecule is C/C=C/[P+](=O)C1CO1. The fourth-order valence-electron chi connectivity index (χ4n) is 0.433. The highest BCUT2D eigenvalue weighted by Crippen LogP contribution is 2.38. The lowest BCUT2D eigenvalue weighted by atomic mass is 10.8. The topological polar surface area (TPSA) is 29.6 Å². The van der Waals surface area contributed by atoms with Crippen LogP contribution < -0.4 is 0 Å². The Morgan fingerprint density at radius 2 is 2.50 bits per heavy atom. The Bertz CT molecular complexity index is 126. The van der Waals surface area contributed by atoms with Crippen LogP contribution in [0.1, 0.15) is 6.92 Å². The molecule has 0 radical (unpaired) electrons. The molecule has 1 heterocycles. The van der Waals surface area contributed by atoms with Crippen molar-refractivity contribution in [2.45, 2.75) is 12.8 Å². The normalized spacial score (nSPS) is 28.6. The van der Waals surface area contributed by atoms with Crippen LogP contribution in [0.5, 0.6) is 0 Å². The lowest BCUT2D eigenvalue weighted by Gasteiger charge is -1.63. The maximum atomic E-state index is 10.7. The van der Waals surface area contributed by atoms with Crippen molar-refractivity contribution in [2.75, 3.05) is 6.61 Å². The average Bonchev–Trinajstić information content (AvgIpc) is 2.45. The van der Waals surface area contributed by atoms with E-state index in [2.05, 4.69) is 0 Å². The molecule has 1 aliphatic rings. The van der Waals surface area contributed by atoms with E-state index in [9.17, 15) is 4.57 Å². The van der Waals surface area contributed by atoms with Crippen LogP contribution in [0.3, 0.4) is 0 Å². The minimum atomic E-state index is -1.18. The number of rotatable bonds is 2. The van der Waals surface area contributed by atoms with E-state index < -0.39 is 7.80 Å². The van der Waals surface area contributed by atoms with Gasteiger partial charge in [0.1, 0.15) is 6.61 Å². The molecule has 0 aliphatic carbocycles. The van der Waals surface area contributed by atoms with Crippen molar-refractivity contribution in [3.8, 4) is 0 Å². The van der Waals surface area contributed by atoms with E-state index in [1.165, 1.54) is 0 Å². The molecule has 1 rings (SSSR count). The maximum Gasteiger partial charge on any atom is 0.403 e. The van der Waals surface area contributed by atoms with Crippen LogP contribution in [0.2, 0.25) is 0 Å². The molecule has 3 heteroatoms. The van der Waals surface area contributed by atoms with Gasteiger partial charge in [-0.15, -0.1) is 0 Å². The Hall–Kier alpha value is -0.200. The molecule has 44 valence electrons. The summed E-state index contributed by atoms with van der Waals surface area (Å²) in [7, 11) is -1.18. The fourth-order valence-corrected chi connectivity index (χ4v) is 1.30. The monoisotopic (exact) mass is 131 g/mol. The van der Waals surface area contributed by atoms with Crippen LogP contribution in [0, 0.1) is 0 Å². The molecule has 1 aliphatic heterocycles. The van der Waals surface area contributed by atoms with Gasteiger partial charge in [-0.1, -0.05) is 4.57 Å². The highest BCUT2D eigenvalue weighted by Gasteiger charge is 2.40. The first-order valence-corrected chi connectivity index (χ1v) is 3.94. The molecule has 2 nitrogen and oxygen atoms in total. The molecule has 0 saturated carbocycles. The molecule has 0 spiro atoms. The van der Waals surface area contributed by atoms with Gasteiger partial charge < -0.3 is 4.74 Å². The second-order valence-corrected chi connectivity index (χ2v) is 3.22. The lowest BCUT2D eigenvalue weighted by Crippen LogP contribution is -1.66. The molecule has 1 fully saturated rings. The predicted octanol–water partition coefficient (Wildman–Crippen LogP) is 1.70. The van der Waals surface area contributed by atoms with E-state index >= 15 is 0 Å². The minimum absolute atomic E-state index is 0.0428. The molecule has 8 heavy (non-hydrogen) atoms. The largest absolute Gasteiger partial charge is 0.403 e. The Morgan fingerprint density at radius 1 is 1.88 bits per heavy atom. The number of ether oxygens (including phenoxy) is 1. The lowest BCUT2D eigenvalue weighted by molar-refractivity contribution is 0.450. The average molecular weight is 131 g/mol. The molecule has 1 saturated heterocycles. The summed E-state index contributed by atoms with van der Waals surface area (Å²) in [5.41, 5.74) is 0. The van der Waals surface area contributed by atoms with Gasteiger partial charge >= 0.3 is 7.80 Å². The smallest absolute Gasteiger partial charge is 0.325 e. The van der Waals surface area contributed by atoms with Gasteiger partial charge in [0.2, 0.25) is 0 Å². The summed E-state index contributed by atoms with van der Waals surface area (Å²) < 4.78 is 15.5. The van der Waals surface area contributed by atoms with Crippen LogP contribution in [0.15, 0.2) is 11.9 Å². The quantitative estimate of drug-likeness (QED) is 0.421. The van der Waals surface area contributed by atoms with E-state index in [-0.39, 0.29) is 5.85 Å². The van der Waals surface area contributed by atoms with Crippen LogP contribution in [-0.4, -0.2) is 12.5 Å².